The van der Waals surface area contributed by atoms with Gasteiger partial charge in [0.1, 0.15) is 0 Å². The minimum atomic E-state index is -2.72. The average molecular weight is 369 g/mol. The Morgan fingerprint density at radius 1 is 1.31 bits per heavy atom. The Morgan fingerprint density at radius 3 is 2.77 bits per heavy atom. The Morgan fingerprint density at radius 2 is 2.08 bits per heavy atom. The van der Waals surface area contributed by atoms with E-state index >= 15 is 0 Å². The molecule has 1 aliphatic rings. The van der Waals surface area contributed by atoms with Crippen molar-refractivity contribution in [2.75, 3.05) is 7.11 Å². The van der Waals surface area contributed by atoms with Crippen LogP contribution in [-0.4, -0.2) is 19.0 Å². The first kappa shape index (κ1) is 22.6. The Bertz CT molecular complexity index is 494. The molecular formula is C22H34F2O2. The quantitative estimate of drug-likeness (QED) is 0.219. The van der Waals surface area contributed by atoms with Gasteiger partial charge in [-0.15, -0.1) is 0 Å². The summed E-state index contributed by atoms with van der Waals surface area (Å²) in [6.45, 7) is 6.09. The molecule has 0 N–H and O–H groups in total. The molecule has 0 aromatic heterocycles. The van der Waals surface area contributed by atoms with Crippen molar-refractivity contribution in [2.24, 2.45) is 11.8 Å². The summed E-state index contributed by atoms with van der Waals surface area (Å²) in [7, 11) is 1.39. The van der Waals surface area contributed by atoms with E-state index in [9.17, 15) is 13.6 Å². The number of hydrogen-bond acceptors (Lipinski definition) is 2. The highest BCUT2D eigenvalue weighted by molar-refractivity contribution is 5.69. The van der Waals surface area contributed by atoms with Gasteiger partial charge in [0.2, 0.25) is 0 Å². The van der Waals surface area contributed by atoms with Gasteiger partial charge in [-0.25, -0.2) is 8.78 Å². The van der Waals surface area contributed by atoms with Gasteiger partial charge in [0, 0.05) is 18.8 Å². The van der Waals surface area contributed by atoms with E-state index in [0.29, 0.717) is 18.8 Å². The van der Waals surface area contributed by atoms with Crippen LogP contribution >= 0.6 is 0 Å². The van der Waals surface area contributed by atoms with E-state index < -0.39 is 5.92 Å². The van der Waals surface area contributed by atoms with E-state index in [0.717, 1.165) is 56.6 Å². The number of ether oxygens (including phenoxy) is 1. The van der Waals surface area contributed by atoms with Crippen LogP contribution in [0.15, 0.2) is 36.5 Å². The summed E-state index contributed by atoms with van der Waals surface area (Å²) in [5.74, 6) is -2.50. The summed E-state index contributed by atoms with van der Waals surface area (Å²) in [6, 6.07) is 0. The van der Waals surface area contributed by atoms with Crippen LogP contribution in [0.25, 0.3) is 0 Å². The van der Waals surface area contributed by atoms with E-state index in [1.165, 1.54) is 7.11 Å². The summed E-state index contributed by atoms with van der Waals surface area (Å²) in [5.41, 5.74) is 1.06. The molecule has 0 aliphatic heterocycles. The Balaban J connectivity index is 2.44. The molecule has 2 nitrogen and oxygen atoms in total. The van der Waals surface area contributed by atoms with Gasteiger partial charge >= 0.3 is 5.97 Å². The highest BCUT2D eigenvalue weighted by Crippen LogP contribution is 2.39. The first-order chi connectivity index (χ1) is 12.4. The minimum Gasteiger partial charge on any atom is -0.469 e. The number of esters is 1. The second kappa shape index (κ2) is 12.0. The molecule has 2 atom stereocenters. The Kier molecular flexibility index (Phi) is 10.5. The fourth-order valence-electron chi connectivity index (χ4n) is 3.40. The van der Waals surface area contributed by atoms with E-state index in [4.69, 9.17) is 0 Å². The molecule has 0 bridgehead atoms. The third-order valence-electron chi connectivity index (χ3n) is 5.06. The number of methoxy groups -OCH3 is 1. The van der Waals surface area contributed by atoms with Crippen molar-refractivity contribution < 1.29 is 18.3 Å². The number of carbonyl (C=O) groups is 1. The molecule has 1 rings (SSSR count). The van der Waals surface area contributed by atoms with Crippen LogP contribution < -0.4 is 0 Å². The van der Waals surface area contributed by atoms with Crippen molar-refractivity contribution in [3.63, 3.8) is 0 Å². The maximum Gasteiger partial charge on any atom is 0.305 e. The summed E-state index contributed by atoms with van der Waals surface area (Å²) < 4.78 is 32.6. The third kappa shape index (κ3) is 8.77. The molecule has 0 aromatic carbocycles. The molecule has 1 unspecified atom stereocenters. The van der Waals surface area contributed by atoms with Crippen molar-refractivity contribution >= 4 is 5.97 Å². The van der Waals surface area contributed by atoms with Gasteiger partial charge in [-0.05, 0) is 50.5 Å². The topological polar surface area (TPSA) is 26.3 Å². The minimum absolute atomic E-state index is 0.0479. The number of carbonyl (C=O) groups excluding carboxylic acids is 1. The number of halogens is 2. The predicted octanol–water partition coefficient (Wildman–Crippen LogP) is 6.63. The lowest BCUT2D eigenvalue weighted by molar-refractivity contribution is -0.140. The predicted molar refractivity (Wildman–Crippen MR) is 103 cm³/mol. The van der Waals surface area contributed by atoms with Gasteiger partial charge in [-0.1, -0.05) is 50.1 Å². The first-order valence-electron chi connectivity index (χ1n) is 9.86. The van der Waals surface area contributed by atoms with Crippen molar-refractivity contribution in [2.45, 2.75) is 77.1 Å². The van der Waals surface area contributed by atoms with E-state index in [2.05, 4.69) is 23.5 Å². The van der Waals surface area contributed by atoms with Crippen molar-refractivity contribution in [1.29, 1.82) is 0 Å². The molecule has 0 aromatic rings. The second-order valence-corrected chi connectivity index (χ2v) is 7.24. The molecule has 4 heteroatoms. The first-order valence-corrected chi connectivity index (χ1v) is 9.86. The van der Waals surface area contributed by atoms with Gasteiger partial charge < -0.3 is 4.74 Å². The number of rotatable bonds is 12. The van der Waals surface area contributed by atoms with Gasteiger partial charge in [0.15, 0.2) is 0 Å². The highest BCUT2D eigenvalue weighted by Gasteiger charge is 2.30. The molecule has 0 amide bonds. The van der Waals surface area contributed by atoms with Crippen LogP contribution in [0.4, 0.5) is 8.78 Å². The lowest BCUT2D eigenvalue weighted by Crippen LogP contribution is -2.14. The Labute approximate surface area is 157 Å². The maximum atomic E-state index is 14.0. The van der Waals surface area contributed by atoms with Crippen molar-refractivity contribution in [1.82, 2.24) is 0 Å². The standard InChI is InChI=1S/C22H34F2O2/c1-4-5-10-16-22(23,24)17-15-20-18(2)13-14-19(20)11-8-6-7-9-12-21(25)26-3/h6,8,15,17,19-20H,2,4-5,7,9-14,16H2,1,3H3/b8-6-,17-15+/t19?,20-/m0/s1. The van der Waals surface area contributed by atoms with Gasteiger partial charge in [0.05, 0.1) is 7.11 Å². The lowest BCUT2D eigenvalue weighted by Gasteiger charge is -2.17. The SMILES string of the molecule is C=C1CCC(C/C=C\CCCC(=O)OC)[C@H]1/C=C/C(F)(F)CCCCC. The fraction of sp³-hybridized carbons (Fsp3) is 0.682. The molecule has 1 aliphatic carbocycles. The van der Waals surface area contributed by atoms with Gasteiger partial charge in [0.25, 0.3) is 5.92 Å². The van der Waals surface area contributed by atoms with E-state index in [1.54, 1.807) is 6.08 Å². The summed E-state index contributed by atoms with van der Waals surface area (Å²) in [5, 5.41) is 0. The normalized spacial score (nSPS) is 21.2. The maximum absolute atomic E-state index is 14.0. The summed E-state index contributed by atoms with van der Waals surface area (Å²) in [4.78, 5) is 11.0. The largest absolute Gasteiger partial charge is 0.469 e. The number of allylic oxidation sites excluding steroid dienone is 5. The molecule has 0 saturated heterocycles. The van der Waals surface area contributed by atoms with E-state index in [-0.39, 0.29) is 18.3 Å². The molecule has 0 heterocycles. The molecule has 148 valence electrons. The average Bonchev–Trinajstić information content (AvgIpc) is 2.96. The van der Waals surface area contributed by atoms with Crippen LogP contribution in [0.2, 0.25) is 0 Å². The van der Waals surface area contributed by atoms with Crippen LogP contribution in [0.5, 0.6) is 0 Å². The Hall–Kier alpha value is -1.45. The van der Waals surface area contributed by atoms with Crippen molar-refractivity contribution in [3.05, 3.63) is 36.5 Å². The molecule has 1 saturated carbocycles. The smallest absolute Gasteiger partial charge is 0.305 e. The van der Waals surface area contributed by atoms with Crippen LogP contribution in [-0.2, 0) is 9.53 Å². The van der Waals surface area contributed by atoms with Gasteiger partial charge in [-0.3, -0.25) is 4.79 Å². The summed E-state index contributed by atoms with van der Waals surface area (Å²) >= 11 is 0. The monoisotopic (exact) mass is 368 g/mol. The number of unbranched alkanes of at least 4 members (excludes halogenated alkanes) is 3. The summed E-state index contributed by atoms with van der Waals surface area (Å²) in [6.07, 6.45) is 14.1. The molecule has 0 spiro atoms. The zero-order valence-corrected chi connectivity index (χ0v) is 16.3. The number of alkyl halides is 2. The molecule has 0 radical (unpaired) electrons. The fourth-order valence-corrected chi connectivity index (χ4v) is 3.40. The van der Waals surface area contributed by atoms with Gasteiger partial charge in [-0.2, -0.15) is 0 Å². The molecular weight excluding hydrogens is 334 g/mol. The zero-order valence-electron chi connectivity index (χ0n) is 16.3. The second-order valence-electron chi connectivity index (χ2n) is 7.24. The van der Waals surface area contributed by atoms with Crippen LogP contribution in [0.3, 0.4) is 0 Å². The highest BCUT2D eigenvalue weighted by atomic mass is 19.3. The van der Waals surface area contributed by atoms with Crippen LogP contribution in [0.1, 0.15) is 71.1 Å². The third-order valence-corrected chi connectivity index (χ3v) is 5.06. The van der Waals surface area contributed by atoms with Crippen molar-refractivity contribution in [3.8, 4) is 0 Å². The number of hydrogen-bond donors (Lipinski definition) is 0. The molecule has 26 heavy (non-hydrogen) atoms. The zero-order chi connectivity index (χ0) is 19.4. The lowest BCUT2D eigenvalue weighted by atomic mass is 9.90. The van der Waals surface area contributed by atoms with E-state index in [1.807, 2.05) is 6.92 Å². The van der Waals surface area contributed by atoms with Crippen LogP contribution in [0, 0.1) is 11.8 Å². The molecule has 1 fully saturated rings.